The van der Waals surface area contributed by atoms with E-state index in [4.69, 9.17) is 0 Å². The second-order valence-electron chi connectivity index (χ2n) is 1.30. The first-order valence-corrected chi connectivity index (χ1v) is 3.18. The third-order valence-corrected chi connectivity index (χ3v) is 1.45. The maximum absolute atomic E-state index is 2.28. The van der Waals surface area contributed by atoms with E-state index in [2.05, 4.69) is 35.5 Å². The monoisotopic (exact) mass is 200 g/mol. The van der Waals surface area contributed by atoms with Crippen LogP contribution in [0, 0.1) is 3.47 Å². The van der Waals surface area contributed by atoms with Crippen LogP contribution in [-0.4, -0.2) is 13.6 Å². The number of rotatable bonds is 0. The van der Waals surface area contributed by atoms with Gasteiger partial charge in [0.25, 0.3) is 0 Å². The van der Waals surface area contributed by atoms with Crippen molar-refractivity contribution in [3.63, 3.8) is 0 Å². The molecule has 0 aliphatic heterocycles. The summed E-state index contributed by atoms with van der Waals surface area (Å²) >= 11 is 2.28. The van der Waals surface area contributed by atoms with E-state index in [1.54, 1.807) is 0 Å². The summed E-state index contributed by atoms with van der Waals surface area (Å²) in [6.07, 6.45) is 0. The Kier molecular flexibility index (Phi) is 2.03. The first kappa shape index (κ1) is 5.48. The molecule has 0 atom stereocenters. The average molecular weight is 200 g/mol. The predicted octanol–water partition coefficient (Wildman–Crippen LogP) is 0.967. The van der Waals surface area contributed by atoms with Gasteiger partial charge in [0.1, 0.15) is 0 Å². The molecule has 0 nitrogen and oxygen atoms in total. The van der Waals surface area contributed by atoms with E-state index >= 15 is 0 Å². The first-order valence-electron chi connectivity index (χ1n) is 2.10. The molecule has 1 aromatic rings. The predicted molar refractivity (Wildman–Crippen MR) is 41.9 cm³/mol. The molecule has 0 aromatic carbocycles. The number of hydrogen-bond donors (Lipinski definition) is 0. The molecule has 0 aliphatic rings. The first-order chi connectivity index (χ1) is 3.39. The van der Waals surface area contributed by atoms with Crippen molar-refractivity contribution in [2.24, 2.45) is 0 Å². The zero-order valence-corrected chi connectivity index (χ0v) is 5.92. The van der Waals surface area contributed by atoms with Gasteiger partial charge in [-0.15, -0.1) is 0 Å². The van der Waals surface area contributed by atoms with E-state index < -0.39 is 0 Å². The Balaban J connectivity index is 3.02. The molecule has 0 bridgehead atoms. The summed E-state index contributed by atoms with van der Waals surface area (Å²) in [5.41, 5.74) is 0. The van der Waals surface area contributed by atoms with Gasteiger partial charge in [0.15, 0.2) is 0 Å². The molecule has 1 rings (SSSR count). The second kappa shape index (κ2) is 2.60. The van der Waals surface area contributed by atoms with Crippen molar-refractivity contribution in [3.8, 4) is 0 Å². The van der Waals surface area contributed by atoms with Crippen LogP contribution in [-0.2, 0) is 0 Å². The van der Waals surface area contributed by atoms with E-state index in [0.717, 1.165) is 0 Å². The van der Waals surface area contributed by atoms with Gasteiger partial charge in [-0.3, -0.25) is 0 Å². The number of halogens is 1. The third-order valence-electron chi connectivity index (χ3n) is 0.733. The Bertz CT molecular complexity index is 140. The van der Waals surface area contributed by atoms with Gasteiger partial charge in [0.05, 0.1) is 0 Å². The summed E-state index contributed by atoms with van der Waals surface area (Å²) in [6, 6.07) is 4.10. The van der Waals surface area contributed by atoms with Crippen LogP contribution in [0.2, 0.25) is 0 Å². The molecule has 0 amide bonds. The van der Waals surface area contributed by atoms with E-state index in [9.17, 15) is 0 Å². The molecule has 0 N–H and O–H groups in total. The van der Waals surface area contributed by atoms with Crippen molar-refractivity contribution < 1.29 is 0 Å². The molecule has 0 radical (unpaired) electrons. The summed E-state index contributed by atoms with van der Waals surface area (Å²) in [5.74, 6) is 2.02. The summed E-state index contributed by atoms with van der Waals surface area (Å²) in [6.45, 7) is 4.10. The van der Waals surface area contributed by atoms with Crippen LogP contribution >= 0.6 is 22.6 Å². The Morgan fingerprint density at radius 2 is 2.43 bits per heavy atom. The quantitative estimate of drug-likeness (QED) is 0.547. The fourth-order valence-electron chi connectivity index (χ4n) is 0.415. The van der Waals surface area contributed by atoms with Gasteiger partial charge < -0.3 is 0 Å². The molecule has 0 unspecified atom stereocenters. The van der Waals surface area contributed by atoms with Crippen LogP contribution in [0.3, 0.4) is 0 Å². The molecule has 0 spiro atoms. The van der Waals surface area contributed by atoms with Crippen molar-refractivity contribution in [3.05, 3.63) is 21.6 Å². The molecular formula is C4H3B2I. The van der Waals surface area contributed by atoms with Gasteiger partial charge in [0.2, 0.25) is 0 Å². The van der Waals surface area contributed by atoms with Crippen LogP contribution < -0.4 is 0 Å². The Hall–Kier alpha value is 0.340. The molecule has 32 valence electrons. The van der Waals surface area contributed by atoms with Crippen molar-refractivity contribution in [1.82, 2.24) is 0 Å². The zero-order valence-electron chi connectivity index (χ0n) is 3.76. The average Bonchev–Trinajstić information content (AvgIpc) is 1.69. The normalized spacial score (nSPS) is 7.57. The van der Waals surface area contributed by atoms with Crippen molar-refractivity contribution in [1.29, 1.82) is 0 Å². The topological polar surface area (TPSA) is 0 Å². The fourth-order valence-corrected chi connectivity index (χ4v) is 0.830. The Morgan fingerprint density at radius 1 is 1.57 bits per heavy atom. The Morgan fingerprint density at radius 3 is 2.71 bits per heavy atom. The molecule has 7 heavy (non-hydrogen) atoms. The molecular weight excluding hydrogens is 197 g/mol. The SMILES string of the molecule is Ic1bbccc1. The summed E-state index contributed by atoms with van der Waals surface area (Å²) in [4.78, 5) is 0. The minimum absolute atomic E-state index is 1.29. The van der Waals surface area contributed by atoms with E-state index in [-0.39, 0.29) is 0 Å². The van der Waals surface area contributed by atoms with Crippen LogP contribution in [0.15, 0.2) is 18.1 Å². The van der Waals surface area contributed by atoms with Crippen LogP contribution in [0.25, 0.3) is 0 Å². The van der Waals surface area contributed by atoms with Crippen LogP contribution in [0.4, 0.5) is 0 Å². The van der Waals surface area contributed by atoms with Crippen LogP contribution in [0.5, 0.6) is 0 Å². The summed E-state index contributed by atoms with van der Waals surface area (Å²) in [5, 5.41) is 0. The summed E-state index contributed by atoms with van der Waals surface area (Å²) < 4.78 is 1.29. The van der Waals surface area contributed by atoms with Gasteiger partial charge >= 0.3 is 57.7 Å². The standard InChI is InChI=1S/C4H3B2I/c7-4-2-1-3-5-6-4/h1-3H. The molecule has 3 heteroatoms. The molecule has 1 aromatic heterocycles. The minimum atomic E-state index is 1.29. The fraction of sp³-hybridized carbons (Fsp3) is 0. The molecule has 0 saturated carbocycles. The van der Waals surface area contributed by atoms with Gasteiger partial charge in [-0.1, -0.05) is 0 Å². The van der Waals surface area contributed by atoms with Crippen LogP contribution in [0.1, 0.15) is 0 Å². The second-order valence-corrected chi connectivity index (χ2v) is 2.54. The zero-order chi connectivity index (χ0) is 5.11. The van der Waals surface area contributed by atoms with Gasteiger partial charge in [-0.2, -0.15) is 0 Å². The Labute approximate surface area is 57.9 Å². The van der Waals surface area contributed by atoms with Crippen molar-refractivity contribution in [2.45, 2.75) is 0 Å². The maximum atomic E-state index is 2.28. The molecule has 1 heterocycles. The van der Waals surface area contributed by atoms with Gasteiger partial charge in [-0.05, 0) is 0 Å². The van der Waals surface area contributed by atoms with Gasteiger partial charge in [-0.25, -0.2) is 0 Å². The molecule has 0 fully saturated rings. The molecule has 0 aliphatic carbocycles. The van der Waals surface area contributed by atoms with E-state index in [1.807, 2.05) is 18.8 Å². The van der Waals surface area contributed by atoms with Crippen molar-refractivity contribution >= 4 is 36.2 Å². The third kappa shape index (κ3) is 1.72. The molecule has 0 saturated heterocycles. The van der Waals surface area contributed by atoms with Gasteiger partial charge in [0, 0.05) is 0 Å². The number of hydrogen-bond acceptors (Lipinski definition) is 0. The van der Waals surface area contributed by atoms with E-state index in [0.29, 0.717) is 0 Å². The van der Waals surface area contributed by atoms with E-state index in [1.165, 1.54) is 3.47 Å². The summed E-state index contributed by atoms with van der Waals surface area (Å²) in [7, 11) is 0. The van der Waals surface area contributed by atoms with Crippen molar-refractivity contribution in [2.75, 3.05) is 0 Å².